The molecule has 0 aliphatic heterocycles. The first-order chi connectivity index (χ1) is 16.1. The monoisotopic (exact) mass is 483 g/mol. The summed E-state index contributed by atoms with van der Waals surface area (Å²) in [5.74, 6) is 2.14. The van der Waals surface area contributed by atoms with E-state index in [0.717, 1.165) is 11.1 Å². The molecular weight excluding hydrogens is 462 g/mol. The van der Waals surface area contributed by atoms with Gasteiger partial charge in [0.15, 0.2) is 16.6 Å². The molecule has 0 spiro atoms. The van der Waals surface area contributed by atoms with Gasteiger partial charge in [-0.1, -0.05) is 6.07 Å². The zero-order chi connectivity index (χ0) is 23.4. The summed E-state index contributed by atoms with van der Waals surface area (Å²) in [6, 6.07) is 11.0. The van der Waals surface area contributed by atoms with Gasteiger partial charge in [0.2, 0.25) is 0 Å². The third-order valence-corrected chi connectivity index (χ3v) is 6.41. The van der Waals surface area contributed by atoms with E-state index in [4.69, 9.17) is 18.9 Å². The molecule has 8 nitrogen and oxygen atoms in total. The maximum atomic E-state index is 12.8. The molecule has 1 N–H and O–H groups in total. The number of thiazole rings is 2. The third kappa shape index (κ3) is 4.62. The first-order valence-electron chi connectivity index (χ1n) is 9.74. The van der Waals surface area contributed by atoms with Crippen LogP contribution in [0.1, 0.15) is 10.5 Å². The Bertz CT molecular complexity index is 1280. The Balaban J connectivity index is 1.54. The molecule has 4 aromatic rings. The van der Waals surface area contributed by atoms with Gasteiger partial charge in [0.25, 0.3) is 5.91 Å². The molecule has 2 aromatic heterocycles. The van der Waals surface area contributed by atoms with Gasteiger partial charge in [0.1, 0.15) is 22.2 Å². The molecule has 0 unspecified atom stereocenters. The number of carbonyl (C=O) groups is 1. The summed E-state index contributed by atoms with van der Waals surface area (Å²) in [6.07, 6.45) is 0. The minimum atomic E-state index is -0.345. The van der Waals surface area contributed by atoms with Crippen molar-refractivity contribution in [1.82, 2.24) is 9.97 Å². The maximum Gasteiger partial charge on any atom is 0.276 e. The fourth-order valence-electron chi connectivity index (χ4n) is 3.18. The number of carbonyl (C=O) groups excluding carboxylic acids is 1. The van der Waals surface area contributed by atoms with Crippen molar-refractivity contribution in [3.63, 3.8) is 0 Å². The number of ether oxygens (including phenoxy) is 4. The van der Waals surface area contributed by atoms with Gasteiger partial charge in [0, 0.05) is 22.4 Å². The molecule has 0 radical (unpaired) electrons. The summed E-state index contributed by atoms with van der Waals surface area (Å²) in [7, 11) is 6.33. The van der Waals surface area contributed by atoms with Crippen LogP contribution in [0, 0.1) is 0 Å². The summed E-state index contributed by atoms with van der Waals surface area (Å²) >= 11 is 2.67. The molecule has 170 valence electrons. The molecule has 0 fully saturated rings. The van der Waals surface area contributed by atoms with Gasteiger partial charge >= 0.3 is 0 Å². The van der Waals surface area contributed by atoms with Gasteiger partial charge in [0.05, 0.1) is 39.7 Å². The Morgan fingerprint density at radius 3 is 2.39 bits per heavy atom. The molecular formula is C23H21N3O5S2. The number of para-hydroxylation sites is 1. The van der Waals surface area contributed by atoms with E-state index >= 15 is 0 Å². The van der Waals surface area contributed by atoms with Gasteiger partial charge in [-0.05, 0) is 24.3 Å². The van der Waals surface area contributed by atoms with Crippen LogP contribution in [0.4, 0.5) is 5.13 Å². The summed E-state index contributed by atoms with van der Waals surface area (Å²) in [5.41, 5.74) is 2.54. The van der Waals surface area contributed by atoms with Gasteiger partial charge in [-0.15, -0.1) is 22.7 Å². The number of benzene rings is 2. The quantitative estimate of drug-likeness (QED) is 0.367. The van der Waals surface area contributed by atoms with E-state index in [1.165, 1.54) is 22.7 Å². The molecule has 0 atom stereocenters. The number of hydrogen-bond acceptors (Lipinski definition) is 9. The molecule has 1 amide bonds. The summed E-state index contributed by atoms with van der Waals surface area (Å²) in [4.78, 5) is 21.8. The van der Waals surface area contributed by atoms with Crippen LogP contribution in [0.2, 0.25) is 0 Å². The summed E-state index contributed by atoms with van der Waals surface area (Å²) < 4.78 is 21.5. The number of nitrogens with zero attached hydrogens (tertiary/aromatic N) is 2. The van der Waals surface area contributed by atoms with E-state index in [1.807, 2.05) is 29.6 Å². The van der Waals surface area contributed by atoms with Crippen molar-refractivity contribution >= 4 is 33.7 Å². The second-order valence-corrected chi connectivity index (χ2v) is 8.35. The van der Waals surface area contributed by atoms with E-state index in [1.54, 1.807) is 46.0 Å². The highest BCUT2D eigenvalue weighted by atomic mass is 32.1. The van der Waals surface area contributed by atoms with Crippen LogP contribution in [-0.4, -0.2) is 44.3 Å². The van der Waals surface area contributed by atoms with Crippen LogP contribution < -0.4 is 24.3 Å². The summed E-state index contributed by atoms with van der Waals surface area (Å²) in [5, 5.41) is 7.48. The van der Waals surface area contributed by atoms with Crippen LogP contribution in [0.5, 0.6) is 23.0 Å². The molecule has 4 rings (SSSR count). The average molecular weight is 484 g/mol. The predicted octanol–water partition coefficient (Wildman–Crippen LogP) is 5.22. The lowest BCUT2D eigenvalue weighted by Crippen LogP contribution is -2.12. The molecule has 10 heteroatoms. The first kappa shape index (κ1) is 22.6. The fraction of sp³-hybridized carbons (Fsp3) is 0.174. The van der Waals surface area contributed by atoms with Crippen molar-refractivity contribution in [2.45, 2.75) is 0 Å². The van der Waals surface area contributed by atoms with Crippen molar-refractivity contribution in [3.05, 3.63) is 52.9 Å². The Kier molecular flexibility index (Phi) is 6.76. The molecule has 0 saturated carbocycles. The van der Waals surface area contributed by atoms with Gasteiger partial charge in [-0.25, -0.2) is 9.97 Å². The topological polar surface area (TPSA) is 91.8 Å². The van der Waals surface area contributed by atoms with E-state index in [2.05, 4.69) is 15.3 Å². The van der Waals surface area contributed by atoms with Crippen LogP contribution in [0.25, 0.3) is 21.8 Å². The first-order valence-corrected chi connectivity index (χ1v) is 11.5. The highest BCUT2D eigenvalue weighted by molar-refractivity contribution is 7.14. The molecule has 33 heavy (non-hydrogen) atoms. The predicted molar refractivity (Wildman–Crippen MR) is 129 cm³/mol. The van der Waals surface area contributed by atoms with Crippen molar-refractivity contribution in [2.75, 3.05) is 33.8 Å². The number of methoxy groups -OCH3 is 4. The number of anilines is 1. The minimum Gasteiger partial charge on any atom is -0.497 e. The number of nitrogens with one attached hydrogen (secondary N) is 1. The molecule has 0 saturated heterocycles. The highest BCUT2D eigenvalue weighted by Crippen LogP contribution is 2.39. The number of aromatic nitrogens is 2. The minimum absolute atomic E-state index is 0.290. The van der Waals surface area contributed by atoms with Crippen LogP contribution >= 0.6 is 22.7 Å². The third-order valence-electron chi connectivity index (χ3n) is 4.78. The molecule has 2 heterocycles. The number of rotatable bonds is 8. The Morgan fingerprint density at radius 2 is 1.67 bits per heavy atom. The SMILES string of the molecule is COc1ccc(-c2csc(NC(=O)c3csc(-c4cccc(OC)c4OC)n3)n2)c(OC)c1. The van der Waals surface area contributed by atoms with Crippen LogP contribution in [0.3, 0.4) is 0 Å². The van der Waals surface area contributed by atoms with Gasteiger partial charge < -0.3 is 18.9 Å². The van der Waals surface area contributed by atoms with Gasteiger partial charge in [-0.2, -0.15) is 0 Å². The largest absolute Gasteiger partial charge is 0.497 e. The molecule has 0 bridgehead atoms. The molecule has 2 aromatic carbocycles. The zero-order valence-corrected chi connectivity index (χ0v) is 20.0. The van der Waals surface area contributed by atoms with E-state index in [9.17, 15) is 4.79 Å². The molecule has 0 aliphatic rings. The zero-order valence-electron chi connectivity index (χ0n) is 18.4. The smallest absolute Gasteiger partial charge is 0.276 e. The van der Waals surface area contributed by atoms with E-state index in [0.29, 0.717) is 44.5 Å². The van der Waals surface area contributed by atoms with Crippen LogP contribution in [-0.2, 0) is 0 Å². The number of hydrogen-bond donors (Lipinski definition) is 1. The lowest BCUT2D eigenvalue weighted by Gasteiger charge is -2.10. The van der Waals surface area contributed by atoms with E-state index < -0.39 is 0 Å². The Morgan fingerprint density at radius 1 is 0.848 bits per heavy atom. The summed E-state index contributed by atoms with van der Waals surface area (Å²) in [6.45, 7) is 0. The van der Waals surface area contributed by atoms with Crippen molar-refractivity contribution in [3.8, 4) is 44.8 Å². The van der Waals surface area contributed by atoms with Crippen LogP contribution in [0.15, 0.2) is 47.2 Å². The fourth-order valence-corrected chi connectivity index (χ4v) is 4.71. The standard InChI is InChI=1S/C23H21N3O5S2/c1-28-13-8-9-14(19(10-13)30-3)16-11-33-23(25-16)26-21(27)17-12-32-22(24-17)15-6-5-7-18(29-2)20(15)31-4/h5-12H,1-4H3,(H,25,26,27). The molecule has 0 aliphatic carbocycles. The van der Waals surface area contributed by atoms with Gasteiger partial charge in [-0.3, -0.25) is 10.1 Å². The van der Waals surface area contributed by atoms with Crippen molar-refractivity contribution < 1.29 is 23.7 Å². The lowest BCUT2D eigenvalue weighted by molar-refractivity contribution is 0.102. The Labute approximate surface area is 198 Å². The maximum absolute atomic E-state index is 12.8. The lowest BCUT2D eigenvalue weighted by atomic mass is 10.1. The second kappa shape index (κ2) is 9.88. The van der Waals surface area contributed by atoms with E-state index in [-0.39, 0.29) is 5.91 Å². The van der Waals surface area contributed by atoms with Crippen molar-refractivity contribution in [1.29, 1.82) is 0 Å². The van der Waals surface area contributed by atoms with Crippen molar-refractivity contribution in [2.24, 2.45) is 0 Å². The number of amides is 1. The average Bonchev–Trinajstić information content (AvgIpc) is 3.53. The Hall–Kier alpha value is -3.63. The highest BCUT2D eigenvalue weighted by Gasteiger charge is 2.18. The second-order valence-electron chi connectivity index (χ2n) is 6.64. The normalized spacial score (nSPS) is 10.5.